The Morgan fingerprint density at radius 1 is 1.11 bits per heavy atom. The number of amides is 2. The van der Waals surface area contributed by atoms with Gasteiger partial charge in [-0.2, -0.15) is 0 Å². The SMILES string of the molecule is O=C(O)CCC/C=C\CC1C2CCC(O2)C1CNNC(=O)Nc1ccccc1. The fourth-order valence-corrected chi connectivity index (χ4v) is 4.16. The van der Waals surface area contributed by atoms with Crippen LogP contribution in [0.1, 0.15) is 38.5 Å². The second-order valence-electron chi connectivity index (χ2n) is 7.44. The number of ether oxygens (including phenoxy) is 1. The Hall–Kier alpha value is -2.38. The molecule has 2 bridgehead atoms. The van der Waals surface area contributed by atoms with Crippen molar-refractivity contribution in [2.24, 2.45) is 11.8 Å². The van der Waals surface area contributed by atoms with Gasteiger partial charge in [0.15, 0.2) is 0 Å². The van der Waals surface area contributed by atoms with Gasteiger partial charge in [0.1, 0.15) is 0 Å². The fourth-order valence-electron chi connectivity index (χ4n) is 4.16. The summed E-state index contributed by atoms with van der Waals surface area (Å²) in [5, 5.41) is 11.4. The number of unbranched alkanes of at least 4 members (excludes halogenated alkanes) is 1. The van der Waals surface area contributed by atoms with Crippen molar-refractivity contribution in [2.75, 3.05) is 11.9 Å². The second kappa shape index (κ2) is 10.2. The first-order chi connectivity index (χ1) is 13.6. The first-order valence-electron chi connectivity index (χ1n) is 10.0. The number of carboxylic acids is 1. The van der Waals surface area contributed by atoms with Crippen LogP contribution in [-0.2, 0) is 9.53 Å². The van der Waals surface area contributed by atoms with Crippen LogP contribution in [0.15, 0.2) is 42.5 Å². The fraction of sp³-hybridized carbons (Fsp3) is 0.524. The Morgan fingerprint density at radius 2 is 1.86 bits per heavy atom. The summed E-state index contributed by atoms with van der Waals surface area (Å²) in [4.78, 5) is 22.5. The van der Waals surface area contributed by atoms with Gasteiger partial charge < -0.3 is 15.2 Å². The zero-order valence-electron chi connectivity index (χ0n) is 16.0. The van der Waals surface area contributed by atoms with E-state index in [4.69, 9.17) is 9.84 Å². The van der Waals surface area contributed by atoms with Crippen molar-refractivity contribution in [3.05, 3.63) is 42.5 Å². The number of fused-ring (bicyclic) bond motifs is 2. The van der Waals surface area contributed by atoms with Gasteiger partial charge >= 0.3 is 12.0 Å². The van der Waals surface area contributed by atoms with E-state index in [-0.39, 0.29) is 18.6 Å². The molecule has 2 heterocycles. The van der Waals surface area contributed by atoms with Gasteiger partial charge in [-0.25, -0.2) is 10.2 Å². The van der Waals surface area contributed by atoms with E-state index < -0.39 is 5.97 Å². The third kappa shape index (κ3) is 5.81. The van der Waals surface area contributed by atoms with E-state index in [1.807, 2.05) is 30.3 Å². The zero-order valence-corrected chi connectivity index (χ0v) is 16.0. The molecule has 0 spiro atoms. The van der Waals surface area contributed by atoms with Crippen molar-refractivity contribution in [2.45, 2.75) is 50.7 Å². The van der Waals surface area contributed by atoms with Gasteiger partial charge in [-0.3, -0.25) is 10.2 Å². The number of benzene rings is 1. The maximum atomic E-state index is 12.0. The lowest BCUT2D eigenvalue weighted by molar-refractivity contribution is -0.137. The molecule has 2 amide bonds. The lowest BCUT2D eigenvalue weighted by Gasteiger charge is -2.27. The lowest BCUT2D eigenvalue weighted by Crippen LogP contribution is -2.45. The van der Waals surface area contributed by atoms with Gasteiger partial charge in [-0.05, 0) is 50.2 Å². The first kappa shape index (κ1) is 20.4. The van der Waals surface area contributed by atoms with Crippen LogP contribution in [0.3, 0.4) is 0 Å². The van der Waals surface area contributed by atoms with Crippen molar-refractivity contribution in [3.8, 4) is 0 Å². The molecule has 2 saturated heterocycles. The molecule has 0 saturated carbocycles. The van der Waals surface area contributed by atoms with Gasteiger partial charge in [0.05, 0.1) is 12.2 Å². The number of hydrogen-bond acceptors (Lipinski definition) is 4. The van der Waals surface area contributed by atoms with Crippen LogP contribution in [-0.4, -0.2) is 35.9 Å². The smallest absolute Gasteiger partial charge is 0.333 e. The number of carboxylic acid groups (broad SMARTS) is 1. The molecule has 7 nitrogen and oxygen atoms in total. The van der Waals surface area contributed by atoms with Crippen LogP contribution in [0.4, 0.5) is 10.5 Å². The summed E-state index contributed by atoms with van der Waals surface area (Å²) in [5.41, 5.74) is 6.50. The molecule has 0 radical (unpaired) electrons. The van der Waals surface area contributed by atoms with E-state index in [1.54, 1.807) is 0 Å². The van der Waals surface area contributed by atoms with E-state index in [2.05, 4.69) is 28.3 Å². The Balaban J connectivity index is 1.40. The van der Waals surface area contributed by atoms with Crippen molar-refractivity contribution < 1.29 is 19.4 Å². The predicted octanol–water partition coefficient (Wildman–Crippen LogP) is 3.31. The Bertz CT molecular complexity index is 679. The number of carbonyl (C=O) groups excluding carboxylic acids is 1. The highest BCUT2D eigenvalue weighted by atomic mass is 16.5. The van der Waals surface area contributed by atoms with E-state index in [0.29, 0.717) is 30.9 Å². The Morgan fingerprint density at radius 3 is 2.61 bits per heavy atom. The summed E-state index contributed by atoms with van der Waals surface area (Å²) in [5.74, 6) is 0.0465. The number of hydrogen-bond donors (Lipinski definition) is 4. The molecule has 4 atom stereocenters. The van der Waals surface area contributed by atoms with Gasteiger partial charge in [0.25, 0.3) is 0 Å². The molecule has 7 heteroatoms. The Labute approximate surface area is 165 Å². The van der Waals surface area contributed by atoms with Crippen LogP contribution in [0.5, 0.6) is 0 Å². The van der Waals surface area contributed by atoms with Crippen molar-refractivity contribution in [3.63, 3.8) is 0 Å². The molecule has 4 unspecified atom stereocenters. The van der Waals surface area contributed by atoms with Crippen LogP contribution >= 0.6 is 0 Å². The molecule has 0 aliphatic carbocycles. The van der Waals surface area contributed by atoms with Gasteiger partial charge in [-0.1, -0.05) is 30.4 Å². The number of carbonyl (C=O) groups is 2. The maximum absolute atomic E-state index is 12.0. The molecule has 2 aliphatic heterocycles. The summed E-state index contributed by atoms with van der Waals surface area (Å²) in [6.07, 6.45) is 9.54. The number of rotatable bonds is 10. The second-order valence-corrected chi connectivity index (χ2v) is 7.44. The molecule has 3 rings (SSSR count). The monoisotopic (exact) mass is 387 g/mol. The van der Waals surface area contributed by atoms with E-state index in [0.717, 1.165) is 31.4 Å². The van der Waals surface area contributed by atoms with Crippen LogP contribution in [0, 0.1) is 11.8 Å². The maximum Gasteiger partial charge on any atom is 0.333 e. The van der Waals surface area contributed by atoms with E-state index in [1.165, 1.54) is 0 Å². The molecule has 152 valence electrons. The van der Waals surface area contributed by atoms with E-state index >= 15 is 0 Å². The summed E-state index contributed by atoms with van der Waals surface area (Å²) in [7, 11) is 0. The molecular weight excluding hydrogens is 358 g/mol. The largest absolute Gasteiger partial charge is 0.481 e. The highest BCUT2D eigenvalue weighted by Gasteiger charge is 2.47. The van der Waals surface area contributed by atoms with Crippen molar-refractivity contribution in [1.29, 1.82) is 0 Å². The minimum Gasteiger partial charge on any atom is -0.481 e. The number of urea groups is 1. The Kier molecular flexibility index (Phi) is 7.45. The number of allylic oxidation sites excluding steroid dienone is 2. The quantitative estimate of drug-likeness (QED) is 0.280. The minimum atomic E-state index is -0.746. The highest BCUT2D eigenvalue weighted by molar-refractivity contribution is 5.88. The lowest BCUT2D eigenvalue weighted by atomic mass is 9.77. The van der Waals surface area contributed by atoms with Crippen LogP contribution < -0.4 is 16.2 Å². The molecule has 0 aromatic heterocycles. The number of para-hydroxylation sites is 1. The first-order valence-corrected chi connectivity index (χ1v) is 10.0. The molecular formula is C21H29N3O4. The minimum absolute atomic E-state index is 0.213. The average molecular weight is 387 g/mol. The van der Waals surface area contributed by atoms with Crippen LogP contribution in [0.2, 0.25) is 0 Å². The summed E-state index contributed by atoms with van der Waals surface area (Å²) < 4.78 is 6.08. The number of anilines is 1. The van der Waals surface area contributed by atoms with Crippen LogP contribution in [0.25, 0.3) is 0 Å². The van der Waals surface area contributed by atoms with E-state index in [9.17, 15) is 9.59 Å². The number of aliphatic carboxylic acids is 1. The molecule has 2 aliphatic rings. The van der Waals surface area contributed by atoms with Gasteiger partial charge in [-0.15, -0.1) is 0 Å². The number of hydrazine groups is 1. The molecule has 28 heavy (non-hydrogen) atoms. The molecule has 1 aromatic carbocycles. The third-order valence-electron chi connectivity index (χ3n) is 5.50. The number of nitrogens with one attached hydrogen (secondary N) is 3. The normalized spacial score (nSPS) is 25.9. The predicted molar refractivity (Wildman–Crippen MR) is 107 cm³/mol. The summed E-state index contributed by atoms with van der Waals surface area (Å²) in [6.45, 7) is 0.668. The highest BCUT2D eigenvalue weighted by Crippen LogP contribution is 2.44. The zero-order chi connectivity index (χ0) is 19.8. The standard InChI is InChI=1S/C21H29N3O4/c25-20(26)11-7-2-1-6-10-16-17(19-13-12-18(16)28-19)14-22-24-21(27)23-15-8-4-3-5-9-15/h1,3-6,8-9,16-19,22H,2,7,10-14H2,(H,25,26)(H2,23,24,27)/b6-1-. The van der Waals surface area contributed by atoms with Crippen molar-refractivity contribution in [1.82, 2.24) is 10.9 Å². The molecule has 2 fully saturated rings. The summed E-state index contributed by atoms with van der Waals surface area (Å²) >= 11 is 0. The molecule has 1 aromatic rings. The van der Waals surface area contributed by atoms with Crippen molar-refractivity contribution >= 4 is 17.7 Å². The molecule has 4 N–H and O–H groups in total. The summed E-state index contributed by atoms with van der Waals surface area (Å²) in [6, 6.07) is 9.03. The van der Waals surface area contributed by atoms with Gasteiger partial charge in [0, 0.05) is 24.6 Å². The topological polar surface area (TPSA) is 99.7 Å². The third-order valence-corrected chi connectivity index (χ3v) is 5.50. The average Bonchev–Trinajstić information content (AvgIpc) is 3.27. The van der Waals surface area contributed by atoms with Gasteiger partial charge in [0.2, 0.25) is 0 Å².